The minimum atomic E-state index is -0.350. The van der Waals surface area contributed by atoms with E-state index in [0.29, 0.717) is 25.7 Å². The standard InChI is InChI=1S/C18H22O4/c1-3-5-7-13-17(19)21-15-11-9-10-12-16(15)22-18(20)14-8-6-4-2/h3-4,9-12H,1-2,5-8,13-14H2. The molecule has 4 heteroatoms. The quantitative estimate of drug-likeness (QED) is 0.281. The Labute approximate surface area is 131 Å². The molecule has 0 heterocycles. The summed E-state index contributed by atoms with van der Waals surface area (Å²) in [4.78, 5) is 23.5. The molecule has 0 bridgehead atoms. The molecule has 22 heavy (non-hydrogen) atoms. The Hall–Kier alpha value is -2.36. The molecule has 0 amide bonds. The molecular formula is C18H22O4. The Balaban J connectivity index is 2.57. The molecule has 0 N–H and O–H groups in total. The first kappa shape index (κ1) is 17.7. The molecule has 1 aromatic rings. The molecule has 0 aliphatic rings. The van der Waals surface area contributed by atoms with Crippen LogP contribution in [0.5, 0.6) is 11.5 Å². The SMILES string of the molecule is C=CCCCC(=O)Oc1ccccc1OC(=O)CCCC=C. The summed E-state index contributed by atoms with van der Waals surface area (Å²) in [5, 5.41) is 0. The first-order chi connectivity index (χ1) is 10.7. The van der Waals surface area contributed by atoms with Gasteiger partial charge in [-0.3, -0.25) is 9.59 Å². The van der Waals surface area contributed by atoms with E-state index >= 15 is 0 Å². The van der Waals surface area contributed by atoms with Gasteiger partial charge in [0.25, 0.3) is 0 Å². The molecule has 0 atom stereocenters. The van der Waals surface area contributed by atoms with Crippen molar-refractivity contribution in [1.29, 1.82) is 0 Å². The molecule has 0 aliphatic heterocycles. The Morgan fingerprint density at radius 2 is 1.27 bits per heavy atom. The van der Waals surface area contributed by atoms with Gasteiger partial charge in [0, 0.05) is 12.8 Å². The molecule has 0 unspecified atom stereocenters. The maximum absolute atomic E-state index is 11.7. The van der Waals surface area contributed by atoms with Crippen LogP contribution in [0.4, 0.5) is 0 Å². The van der Waals surface area contributed by atoms with Crippen molar-refractivity contribution in [3.63, 3.8) is 0 Å². The summed E-state index contributed by atoms with van der Waals surface area (Å²) in [7, 11) is 0. The van der Waals surface area contributed by atoms with Crippen LogP contribution in [0.1, 0.15) is 38.5 Å². The van der Waals surface area contributed by atoms with Gasteiger partial charge in [-0.1, -0.05) is 24.3 Å². The van der Waals surface area contributed by atoms with Gasteiger partial charge >= 0.3 is 11.9 Å². The predicted octanol–water partition coefficient (Wildman–Crippen LogP) is 4.21. The highest BCUT2D eigenvalue weighted by Gasteiger charge is 2.12. The van der Waals surface area contributed by atoms with Crippen LogP contribution >= 0.6 is 0 Å². The smallest absolute Gasteiger partial charge is 0.311 e. The zero-order chi connectivity index (χ0) is 16.2. The highest BCUT2D eigenvalue weighted by Crippen LogP contribution is 2.27. The minimum absolute atomic E-state index is 0.267. The highest BCUT2D eigenvalue weighted by molar-refractivity contribution is 5.76. The fraction of sp³-hybridized carbons (Fsp3) is 0.333. The average molecular weight is 302 g/mol. The van der Waals surface area contributed by atoms with Crippen molar-refractivity contribution in [2.24, 2.45) is 0 Å². The van der Waals surface area contributed by atoms with Crippen molar-refractivity contribution >= 4 is 11.9 Å². The van der Waals surface area contributed by atoms with Crippen molar-refractivity contribution in [3.8, 4) is 11.5 Å². The molecule has 0 spiro atoms. The second kappa shape index (κ2) is 10.4. The van der Waals surface area contributed by atoms with Crippen LogP contribution in [-0.4, -0.2) is 11.9 Å². The summed E-state index contributed by atoms with van der Waals surface area (Å²) < 4.78 is 10.5. The molecule has 0 aliphatic carbocycles. The number of esters is 2. The molecule has 0 aromatic heterocycles. The van der Waals surface area contributed by atoms with Gasteiger partial charge in [0.15, 0.2) is 11.5 Å². The van der Waals surface area contributed by atoms with Crippen LogP contribution in [0.25, 0.3) is 0 Å². The van der Waals surface area contributed by atoms with Crippen molar-refractivity contribution in [2.75, 3.05) is 0 Å². The van der Waals surface area contributed by atoms with Crippen LogP contribution in [0.3, 0.4) is 0 Å². The van der Waals surface area contributed by atoms with E-state index in [-0.39, 0.29) is 23.4 Å². The highest BCUT2D eigenvalue weighted by atomic mass is 16.6. The number of unbranched alkanes of at least 4 members (excludes halogenated alkanes) is 2. The van der Waals surface area contributed by atoms with Gasteiger partial charge in [-0.15, -0.1) is 13.2 Å². The van der Waals surface area contributed by atoms with Gasteiger partial charge in [0.1, 0.15) is 0 Å². The van der Waals surface area contributed by atoms with E-state index in [1.807, 2.05) is 0 Å². The van der Waals surface area contributed by atoms with E-state index in [1.165, 1.54) is 0 Å². The van der Waals surface area contributed by atoms with Crippen LogP contribution in [0.2, 0.25) is 0 Å². The lowest BCUT2D eigenvalue weighted by atomic mass is 10.2. The Morgan fingerprint density at radius 3 is 1.64 bits per heavy atom. The van der Waals surface area contributed by atoms with Gasteiger partial charge in [-0.05, 0) is 37.8 Å². The zero-order valence-corrected chi connectivity index (χ0v) is 12.8. The van der Waals surface area contributed by atoms with E-state index in [9.17, 15) is 9.59 Å². The van der Waals surface area contributed by atoms with E-state index in [4.69, 9.17) is 9.47 Å². The van der Waals surface area contributed by atoms with Crippen LogP contribution in [0.15, 0.2) is 49.6 Å². The topological polar surface area (TPSA) is 52.6 Å². The average Bonchev–Trinajstić information content (AvgIpc) is 2.50. The van der Waals surface area contributed by atoms with Gasteiger partial charge in [-0.25, -0.2) is 0 Å². The Bertz CT molecular complexity index is 473. The number of ether oxygens (including phenoxy) is 2. The lowest BCUT2D eigenvalue weighted by Gasteiger charge is -2.10. The summed E-state index contributed by atoms with van der Waals surface area (Å²) >= 11 is 0. The van der Waals surface area contributed by atoms with Crippen molar-refractivity contribution < 1.29 is 19.1 Å². The molecule has 0 saturated carbocycles. The largest absolute Gasteiger partial charge is 0.423 e. The number of hydrogen-bond donors (Lipinski definition) is 0. The molecule has 118 valence electrons. The van der Waals surface area contributed by atoms with E-state index in [1.54, 1.807) is 36.4 Å². The van der Waals surface area contributed by atoms with Gasteiger partial charge in [0.05, 0.1) is 0 Å². The van der Waals surface area contributed by atoms with Gasteiger partial charge in [-0.2, -0.15) is 0 Å². The van der Waals surface area contributed by atoms with Crippen LogP contribution in [-0.2, 0) is 9.59 Å². The van der Waals surface area contributed by atoms with Gasteiger partial charge < -0.3 is 9.47 Å². The zero-order valence-electron chi connectivity index (χ0n) is 12.8. The molecular weight excluding hydrogens is 280 g/mol. The maximum atomic E-state index is 11.7. The number of allylic oxidation sites excluding steroid dienone is 2. The van der Waals surface area contributed by atoms with Crippen LogP contribution < -0.4 is 9.47 Å². The summed E-state index contributed by atoms with van der Waals surface area (Å²) in [5.41, 5.74) is 0. The maximum Gasteiger partial charge on any atom is 0.311 e. The second-order valence-corrected chi connectivity index (χ2v) is 4.76. The van der Waals surface area contributed by atoms with Gasteiger partial charge in [0.2, 0.25) is 0 Å². The number of hydrogen-bond acceptors (Lipinski definition) is 4. The van der Waals surface area contributed by atoms with Crippen LogP contribution in [0, 0.1) is 0 Å². The number of benzene rings is 1. The van der Waals surface area contributed by atoms with Crippen molar-refractivity contribution in [2.45, 2.75) is 38.5 Å². The molecule has 0 saturated heterocycles. The molecule has 4 nitrogen and oxygen atoms in total. The summed E-state index contributed by atoms with van der Waals surface area (Å²) in [6, 6.07) is 6.66. The number of carbonyl (C=O) groups excluding carboxylic acids is 2. The minimum Gasteiger partial charge on any atom is -0.423 e. The first-order valence-corrected chi connectivity index (χ1v) is 7.39. The lowest BCUT2D eigenvalue weighted by molar-refractivity contribution is -0.137. The summed E-state index contributed by atoms with van der Waals surface area (Å²) in [6.45, 7) is 7.21. The fourth-order valence-electron chi connectivity index (χ4n) is 1.75. The fourth-order valence-corrected chi connectivity index (χ4v) is 1.75. The van der Waals surface area contributed by atoms with E-state index in [2.05, 4.69) is 13.2 Å². The molecule has 0 radical (unpaired) electrons. The van der Waals surface area contributed by atoms with Crippen molar-refractivity contribution in [3.05, 3.63) is 49.6 Å². The lowest BCUT2D eigenvalue weighted by Crippen LogP contribution is -2.11. The van der Waals surface area contributed by atoms with E-state index < -0.39 is 0 Å². The van der Waals surface area contributed by atoms with E-state index in [0.717, 1.165) is 12.8 Å². The molecule has 0 fully saturated rings. The molecule has 1 aromatic carbocycles. The first-order valence-electron chi connectivity index (χ1n) is 7.39. The second-order valence-electron chi connectivity index (χ2n) is 4.76. The summed E-state index contributed by atoms with van der Waals surface area (Å²) in [6.07, 6.45) is 7.00. The third kappa shape index (κ3) is 6.88. The monoisotopic (exact) mass is 302 g/mol. The number of rotatable bonds is 10. The normalized spacial score (nSPS) is 9.82. The molecule has 1 rings (SSSR count). The number of carbonyl (C=O) groups is 2. The summed E-state index contributed by atoms with van der Waals surface area (Å²) in [5.74, 6) is -0.166. The third-order valence-corrected chi connectivity index (χ3v) is 2.88. The third-order valence-electron chi connectivity index (χ3n) is 2.88. The Morgan fingerprint density at radius 1 is 0.864 bits per heavy atom. The van der Waals surface area contributed by atoms with Crippen molar-refractivity contribution in [1.82, 2.24) is 0 Å². The Kier molecular flexibility index (Phi) is 8.35. The number of para-hydroxylation sites is 2. The predicted molar refractivity (Wildman–Crippen MR) is 85.8 cm³/mol.